The largest absolute Gasteiger partial charge is 0.464 e. The molecule has 0 spiro atoms. The van der Waals surface area contributed by atoms with Crippen LogP contribution in [0.15, 0.2) is 18.6 Å². The Morgan fingerprint density at radius 3 is 2.65 bits per heavy atom. The third-order valence-corrected chi connectivity index (χ3v) is 2.37. The Morgan fingerprint density at radius 2 is 2.06 bits per heavy atom. The van der Waals surface area contributed by atoms with Crippen molar-refractivity contribution in [3.05, 3.63) is 30.0 Å². The first-order valence-electron chi connectivity index (χ1n) is 5.03. The number of carbonyl (C=O) groups excluding carboxylic acids is 1. The van der Waals surface area contributed by atoms with Crippen molar-refractivity contribution in [2.45, 2.75) is 6.92 Å². The van der Waals surface area contributed by atoms with E-state index >= 15 is 0 Å². The van der Waals surface area contributed by atoms with Crippen LogP contribution in [-0.4, -0.2) is 32.8 Å². The highest BCUT2D eigenvalue weighted by Gasteiger charge is 2.19. The zero-order chi connectivity index (χ0) is 12.4. The Balaban J connectivity index is 2.52. The van der Waals surface area contributed by atoms with Gasteiger partial charge in [-0.05, 0) is 6.92 Å². The summed E-state index contributed by atoms with van der Waals surface area (Å²) in [5.41, 5.74) is 2.40. The van der Waals surface area contributed by atoms with Crippen LogP contribution in [0.3, 0.4) is 0 Å². The maximum Gasteiger partial charge on any atom is 0.357 e. The molecule has 2 aromatic heterocycles. The van der Waals surface area contributed by atoms with Crippen LogP contribution in [0.2, 0.25) is 0 Å². The lowest BCUT2D eigenvalue weighted by Gasteiger charge is -2.03. The van der Waals surface area contributed by atoms with Crippen LogP contribution in [0.1, 0.15) is 16.2 Å². The van der Waals surface area contributed by atoms with E-state index in [9.17, 15) is 4.79 Å². The molecule has 0 atom stereocenters. The third-order valence-electron chi connectivity index (χ3n) is 2.37. The fourth-order valence-corrected chi connectivity index (χ4v) is 1.50. The molecule has 0 amide bonds. The second-order valence-electron chi connectivity index (χ2n) is 3.57. The first-order chi connectivity index (χ1) is 8.13. The Labute approximate surface area is 98.3 Å². The highest BCUT2D eigenvalue weighted by atomic mass is 16.5. The van der Waals surface area contributed by atoms with Gasteiger partial charge < -0.3 is 4.74 Å². The minimum absolute atomic E-state index is 0.366. The van der Waals surface area contributed by atoms with Gasteiger partial charge in [0.15, 0.2) is 5.69 Å². The van der Waals surface area contributed by atoms with Crippen molar-refractivity contribution in [3.63, 3.8) is 0 Å². The summed E-state index contributed by atoms with van der Waals surface area (Å²) in [6.45, 7) is 1.85. The number of esters is 1. The van der Waals surface area contributed by atoms with Gasteiger partial charge in [-0.15, -0.1) is 0 Å². The molecule has 2 aromatic rings. The highest BCUT2D eigenvalue weighted by Crippen LogP contribution is 2.20. The number of hydrogen-bond donors (Lipinski definition) is 0. The molecule has 0 saturated heterocycles. The molecule has 0 bridgehead atoms. The fourth-order valence-electron chi connectivity index (χ4n) is 1.50. The summed E-state index contributed by atoms with van der Waals surface area (Å²) >= 11 is 0. The normalized spacial score (nSPS) is 10.3. The number of aryl methyl sites for hydroxylation is 2. The average Bonchev–Trinajstić information content (AvgIpc) is 2.71. The topological polar surface area (TPSA) is 69.9 Å². The molecule has 6 nitrogen and oxygen atoms in total. The van der Waals surface area contributed by atoms with Crippen LogP contribution >= 0.6 is 0 Å². The summed E-state index contributed by atoms with van der Waals surface area (Å²) < 4.78 is 6.17. The number of hydrogen-bond acceptors (Lipinski definition) is 5. The second-order valence-corrected chi connectivity index (χ2v) is 3.57. The van der Waals surface area contributed by atoms with Crippen molar-refractivity contribution in [1.29, 1.82) is 0 Å². The molecule has 88 valence electrons. The first-order valence-corrected chi connectivity index (χ1v) is 5.03. The van der Waals surface area contributed by atoms with Crippen molar-refractivity contribution in [2.75, 3.05) is 7.11 Å². The number of methoxy groups -OCH3 is 1. The van der Waals surface area contributed by atoms with Gasteiger partial charge in [-0.25, -0.2) is 4.79 Å². The molecule has 0 fully saturated rings. The summed E-state index contributed by atoms with van der Waals surface area (Å²) in [4.78, 5) is 20.0. The molecule has 0 N–H and O–H groups in total. The van der Waals surface area contributed by atoms with E-state index in [0.29, 0.717) is 17.0 Å². The molecule has 0 unspecified atom stereocenters. The lowest BCUT2D eigenvalue weighted by atomic mass is 10.2. The van der Waals surface area contributed by atoms with Gasteiger partial charge in [0.05, 0.1) is 36.5 Å². The number of ether oxygens (including phenoxy) is 1. The highest BCUT2D eigenvalue weighted by molar-refractivity contribution is 5.94. The van der Waals surface area contributed by atoms with Crippen molar-refractivity contribution in [2.24, 2.45) is 7.05 Å². The Hall–Kier alpha value is -2.24. The van der Waals surface area contributed by atoms with Gasteiger partial charge in [0.1, 0.15) is 0 Å². The van der Waals surface area contributed by atoms with Crippen LogP contribution in [0.25, 0.3) is 11.3 Å². The van der Waals surface area contributed by atoms with Crippen molar-refractivity contribution in [3.8, 4) is 11.3 Å². The van der Waals surface area contributed by atoms with Crippen LogP contribution in [0, 0.1) is 6.92 Å². The Bertz CT molecular complexity index is 545. The van der Waals surface area contributed by atoms with Gasteiger partial charge in [-0.1, -0.05) is 0 Å². The maximum atomic E-state index is 11.6. The molecule has 0 aliphatic carbocycles. The minimum atomic E-state index is -0.442. The third kappa shape index (κ3) is 2.01. The number of nitrogens with zero attached hydrogens (tertiary/aromatic N) is 4. The van der Waals surface area contributed by atoms with E-state index in [1.807, 2.05) is 6.92 Å². The van der Waals surface area contributed by atoms with Crippen LogP contribution < -0.4 is 0 Å². The lowest BCUT2D eigenvalue weighted by Crippen LogP contribution is -2.10. The van der Waals surface area contributed by atoms with E-state index in [2.05, 4.69) is 15.1 Å². The van der Waals surface area contributed by atoms with Crippen LogP contribution in [-0.2, 0) is 11.8 Å². The molecular weight excluding hydrogens is 220 g/mol. The first kappa shape index (κ1) is 11.3. The van der Waals surface area contributed by atoms with Crippen molar-refractivity contribution < 1.29 is 9.53 Å². The monoisotopic (exact) mass is 232 g/mol. The maximum absolute atomic E-state index is 11.6. The van der Waals surface area contributed by atoms with Gasteiger partial charge in [0.25, 0.3) is 0 Å². The van der Waals surface area contributed by atoms with Gasteiger partial charge in [0.2, 0.25) is 0 Å². The average molecular weight is 232 g/mol. The molecule has 0 saturated carbocycles. The van der Waals surface area contributed by atoms with Gasteiger partial charge in [-0.2, -0.15) is 5.10 Å². The summed E-state index contributed by atoms with van der Waals surface area (Å²) in [6.07, 6.45) is 4.83. The molecular formula is C11H12N4O2. The quantitative estimate of drug-likeness (QED) is 0.721. The molecule has 17 heavy (non-hydrogen) atoms. The van der Waals surface area contributed by atoms with Gasteiger partial charge >= 0.3 is 5.97 Å². The van der Waals surface area contributed by atoms with Gasteiger partial charge in [0, 0.05) is 13.2 Å². The minimum Gasteiger partial charge on any atom is -0.464 e. The van der Waals surface area contributed by atoms with E-state index in [-0.39, 0.29) is 0 Å². The smallest absolute Gasteiger partial charge is 0.357 e. The standard InChI is InChI=1S/C11H12N4O2/c1-7-4-13-9(6-12-7)8-5-14-15(2)10(8)11(16)17-3/h4-6H,1-3H3. The number of rotatable bonds is 2. The molecule has 2 heterocycles. The van der Waals surface area contributed by atoms with Gasteiger partial charge in [-0.3, -0.25) is 14.6 Å². The fraction of sp³-hybridized carbons (Fsp3) is 0.273. The predicted molar refractivity (Wildman–Crippen MR) is 60.3 cm³/mol. The van der Waals surface area contributed by atoms with Crippen molar-refractivity contribution in [1.82, 2.24) is 19.7 Å². The summed E-state index contributed by atoms with van der Waals surface area (Å²) in [5, 5.41) is 4.03. The molecule has 0 aliphatic heterocycles. The Kier molecular flexibility index (Phi) is 2.86. The summed E-state index contributed by atoms with van der Waals surface area (Å²) in [5.74, 6) is -0.442. The van der Waals surface area contributed by atoms with E-state index < -0.39 is 5.97 Å². The number of aromatic nitrogens is 4. The van der Waals surface area contributed by atoms with E-state index in [0.717, 1.165) is 5.69 Å². The Morgan fingerprint density at radius 1 is 1.29 bits per heavy atom. The van der Waals surface area contributed by atoms with E-state index in [1.54, 1.807) is 25.6 Å². The molecule has 0 aliphatic rings. The van der Waals surface area contributed by atoms with Crippen LogP contribution in [0.5, 0.6) is 0 Å². The van der Waals surface area contributed by atoms with E-state index in [1.165, 1.54) is 11.8 Å². The zero-order valence-electron chi connectivity index (χ0n) is 9.84. The van der Waals surface area contributed by atoms with Crippen LogP contribution in [0.4, 0.5) is 0 Å². The SMILES string of the molecule is COC(=O)c1c(-c2cnc(C)cn2)cnn1C. The number of carbonyl (C=O) groups is 1. The summed E-state index contributed by atoms with van der Waals surface area (Å²) in [7, 11) is 3.01. The molecule has 0 radical (unpaired) electrons. The zero-order valence-corrected chi connectivity index (χ0v) is 9.84. The predicted octanol–water partition coefficient (Wildman–Crippen LogP) is 0.972. The second kappa shape index (κ2) is 4.32. The lowest BCUT2D eigenvalue weighted by molar-refractivity contribution is 0.0589. The molecule has 2 rings (SSSR count). The molecule has 6 heteroatoms. The molecule has 0 aromatic carbocycles. The van der Waals surface area contributed by atoms with Crippen molar-refractivity contribution >= 4 is 5.97 Å². The summed E-state index contributed by atoms with van der Waals surface area (Å²) in [6, 6.07) is 0. The van der Waals surface area contributed by atoms with E-state index in [4.69, 9.17) is 4.74 Å².